The molecule has 1 aromatic carbocycles. The molecule has 128 valence electrons. The van der Waals surface area contributed by atoms with Crippen molar-refractivity contribution < 1.29 is 9.59 Å². The van der Waals surface area contributed by atoms with E-state index in [1.807, 2.05) is 51.2 Å². The van der Waals surface area contributed by atoms with E-state index < -0.39 is 12.1 Å². The number of nitrogens with one attached hydrogen (secondary N) is 3. The quantitative estimate of drug-likeness (QED) is 0.512. The number of rotatable bonds is 9. The van der Waals surface area contributed by atoms with E-state index in [4.69, 9.17) is 5.73 Å². The Morgan fingerprint density at radius 1 is 1.13 bits per heavy atom. The van der Waals surface area contributed by atoms with Crippen LogP contribution in [0.3, 0.4) is 0 Å². The van der Waals surface area contributed by atoms with Crippen molar-refractivity contribution in [2.45, 2.75) is 38.8 Å². The first-order valence-corrected chi connectivity index (χ1v) is 8.02. The first-order valence-electron chi connectivity index (χ1n) is 8.02. The van der Waals surface area contributed by atoms with Crippen LogP contribution in [0.15, 0.2) is 30.3 Å². The lowest BCUT2D eigenvalue weighted by Crippen LogP contribution is -2.51. The standard InChI is InChI=1S/C17H28N4O2/c1-12(2)15(18)17(23)21-14(10-7-11-19-3)16(22)20-13-8-5-4-6-9-13/h4-6,8-9,12,14-15,19H,7,10-11,18H2,1-3H3,(H,20,22)(H,21,23). The van der Waals surface area contributed by atoms with Crippen LogP contribution in [0.2, 0.25) is 0 Å². The SMILES string of the molecule is CNCCCC(NC(=O)C(N)C(C)C)C(=O)Nc1ccccc1. The van der Waals surface area contributed by atoms with Crippen molar-refractivity contribution >= 4 is 17.5 Å². The van der Waals surface area contributed by atoms with Crippen LogP contribution < -0.4 is 21.7 Å². The Hall–Kier alpha value is -1.92. The molecule has 23 heavy (non-hydrogen) atoms. The summed E-state index contributed by atoms with van der Waals surface area (Å²) in [6.07, 6.45) is 1.33. The molecule has 1 rings (SSSR count). The first kappa shape index (κ1) is 19.1. The Morgan fingerprint density at radius 2 is 1.78 bits per heavy atom. The normalized spacial score (nSPS) is 13.4. The van der Waals surface area contributed by atoms with Gasteiger partial charge in [-0.3, -0.25) is 9.59 Å². The van der Waals surface area contributed by atoms with E-state index in [1.54, 1.807) is 0 Å². The summed E-state index contributed by atoms with van der Waals surface area (Å²) in [6.45, 7) is 4.54. The van der Waals surface area contributed by atoms with Crippen LogP contribution in [-0.2, 0) is 9.59 Å². The van der Waals surface area contributed by atoms with Crippen LogP contribution >= 0.6 is 0 Å². The number of carbonyl (C=O) groups is 2. The molecule has 0 saturated carbocycles. The van der Waals surface area contributed by atoms with Crippen LogP contribution in [0.1, 0.15) is 26.7 Å². The van der Waals surface area contributed by atoms with Gasteiger partial charge in [0.1, 0.15) is 6.04 Å². The van der Waals surface area contributed by atoms with Gasteiger partial charge in [0.15, 0.2) is 0 Å². The predicted octanol–water partition coefficient (Wildman–Crippen LogP) is 1.09. The average Bonchev–Trinajstić information content (AvgIpc) is 2.53. The number of hydrogen-bond acceptors (Lipinski definition) is 4. The number of anilines is 1. The highest BCUT2D eigenvalue weighted by atomic mass is 16.2. The molecule has 0 aliphatic carbocycles. The molecule has 2 atom stereocenters. The van der Waals surface area contributed by atoms with Gasteiger partial charge in [-0.1, -0.05) is 32.0 Å². The van der Waals surface area contributed by atoms with Crippen molar-refractivity contribution in [2.75, 3.05) is 18.9 Å². The van der Waals surface area contributed by atoms with E-state index >= 15 is 0 Å². The largest absolute Gasteiger partial charge is 0.343 e. The highest BCUT2D eigenvalue weighted by Crippen LogP contribution is 2.08. The summed E-state index contributed by atoms with van der Waals surface area (Å²) >= 11 is 0. The maximum Gasteiger partial charge on any atom is 0.246 e. The van der Waals surface area contributed by atoms with Gasteiger partial charge in [0, 0.05) is 5.69 Å². The molecule has 0 radical (unpaired) electrons. The molecular formula is C17H28N4O2. The third kappa shape index (κ3) is 6.80. The molecule has 6 nitrogen and oxygen atoms in total. The first-order chi connectivity index (χ1) is 11.0. The molecule has 6 heteroatoms. The Kier molecular flexibility index (Phi) is 8.29. The molecule has 0 bridgehead atoms. The number of hydrogen-bond donors (Lipinski definition) is 4. The van der Waals surface area contributed by atoms with Gasteiger partial charge in [0.25, 0.3) is 0 Å². The third-order valence-corrected chi connectivity index (χ3v) is 3.61. The Morgan fingerprint density at radius 3 is 2.35 bits per heavy atom. The molecule has 0 aromatic heterocycles. The molecule has 0 spiro atoms. The highest BCUT2D eigenvalue weighted by Gasteiger charge is 2.24. The minimum absolute atomic E-state index is 0.0187. The summed E-state index contributed by atoms with van der Waals surface area (Å²) in [4.78, 5) is 24.6. The van der Waals surface area contributed by atoms with Crippen molar-refractivity contribution in [2.24, 2.45) is 11.7 Å². The molecule has 0 saturated heterocycles. The molecule has 5 N–H and O–H groups in total. The molecule has 2 unspecified atom stereocenters. The minimum atomic E-state index is -0.619. The molecule has 0 aliphatic rings. The summed E-state index contributed by atoms with van der Waals surface area (Å²) in [5, 5.41) is 8.64. The van der Waals surface area contributed by atoms with E-state index in [1.165, 1.54) is 0 Å². The van der Waals surface area contributed by atoms with E-state index in [0.29, 0.717) is 12.1 Å². The molecule has 1 aromatic rings. The summed E-state index contributed by atoms with van der Waals surface area (Å²) in [6, 6.07) is 7.97. The lowest BCUT2D eigenvalue weighted by atomic mass is 10.0. The van der Waals surface area contributed by atoms with Gasteiger partial charge in [-0.25, -0.2) is 0 Å². The van der Waals surface area contributed by atoms with Crippen LogP contribution in [0.5, 0.6) is 0 Å². The van der Waals surface area contributed by atoms with Gasteiger partial charge in [-0.15, -0.1) is 0 Å². The molecular weight excluding hydrogens is 292 g/mol. The zero-order valence-corrected chi connectivity index (χ0v) is 14.1. The van der Waals surface area contributed by atoms with Gasteiger partial charge >= 0.3 is 0 Å². The molecule has 2 amide bonds. The van der Waals surface area contributed by atoms with Gasteiger partial charge < -0.3 is 21.7 Å². The van der Waals surface area contributed by atoms with E-state index in [2.05, 4.69) is 16.0 Å². The van der Waals surface area contributed by atoms with Gasteiger partial charge in [-0.2, -0.15) is 0 Å². The highest BCUT2D eigenvalue weighted by molar-refractivity contribution is 5.97. The lowest BCUT2D eigenvalue weighted by molar-refractivity contribution is -0.128. The number of benzene rings is 1. The topological polar surface area (TPSA) is 96.2 Å². The van der Waals surface area contributed by atoms with E-state index in [9.17, 15) is 9.59 Å². The average molecular weight is 320 g/mol. The minimum Gasteiger partial charge on any atom is -0.343 e. The summed E-state index contributed by atoms with van der Waals surface area (Å²) in [5.74, 6) is -0.501. The second kappa shape index (κ2) is 9.97. The van der Waals surface area contributed by atoms with Crippen molar-refractivity contribution in [3.63, 3.8) is 0 Å². The fraction of sp³-hybridized carbons (Fsp3) is 0.529. The monoisotopic (exact) mass is 320 g/mol. The van der Waals surface area contributed by atoms with Crippen LogP contribution in [0, 0.1) is 5.92 Å². The zero-order chi connectivity index (χ0) is 17.2. The van der Waals surface area contributed by atoms with Crippen LogP contribution in [-0.4, -0.2) is 37.5 Å². The predicted molar refractivity (Wildman–Crippen MR) is 93.0 cm³/mol. The fourth-order valence-electron chi connectivity index (χ4n) is 2.07. The molecule has 0 heterocycles. The number of carbonyl (C=O) groups excluding carboxylic acids is 2. The lowest BCUT2D eigenvalue weighted by Gasteiger charge is -2.22. The molecule has 0 aliphatic heterocycles. The van der Waals surface area contributed by atoms with Crippen LogP contribution in [0.4, 0.5) is 5.69 Å². The second-order valence-corrected chi connectivity index (χ2v) is 5.93. The van der Waals surface area contributed by atoms with Gasteiger partial charge in [0.2, 0.25) is 11.8 Å². The van der Waals surface area contributed by atoms with Crippen LogP contribution in [0.25, 0.3) is 0 Å². The van der Waals surface area contributed by atoms with Gasteiger partial charge in [0.05, 0.1) is 6.04 Å². The second-order valence-electron chi connectivity index (χ2n) is 5.93. The van der Waals surface area contributed by atoms with Crippen molar-refractivity contribution in [1.82, 2.24) is 10.6 Å². The fourth-order valence-corrected chi connectivity index (χ4v) is 2.07. The van der Waals surface area contributed by atoms with Crippen molar-refractivity contribution in [3.8, 4) is 0 Å². The summed E-state index contributed by atoms with van der Waals surface area (Å²) in [5.41, 5.74) is 6.57. The van der Waals surface area contributed by atoms with Crippen molar-refractivity contribution in [1.29, 1.82) is 0 Å². The smallest absolute Gasteiger partial charge is 0.246 e. The zero-order valence-electron chi connectivity index (χ0n) is 14.1. The number of para-hydroxylation sites is 1. The summed E-state index contributed by atoms with van der Waals surface area (Å²) in [7, 11) is 1.85. The Labute approximate surface area is 138 Å². The van der Waals surface area contributed by atoms with Gasteiger partial charge in [-0.05, 0) is 44.5 Å². The Balaban J connectivity index is 2.70. The summed E-state index contributed by atoms with van der Waals surface area (Å²) < 4.78 is 0. The van der Waals surface area contributed by atoms with E-state index in [-0.39, 0.29) is 17.7 Å². The maximum atomic E-state index is 12.4. The molecule has 0 fully saturated rings. The maximum absolute atomic E-state index is 12.4. The number of nitrogens with two attached hydrogens (primary N) is 1. The number of amides is 2. The third-order valence-electron chi connectivity index (χ3n) is 3.61. The van der Waals surface area contributed by atoms with Crippen molar-refractivity contribution in [3.05, 3.63) is 30.3 Å². The van der Waals surface area contributed by atoms with E-state index in [0.717, 1.165) is 13.0 Å². The Bertz CT molecular complexity index is 491.